The predicted octanol–water partition coefficient (Wildman–Crippen LogP) is 8.02. The zero-order valence-electron chi connectivity index (χ0n) is 26.6. The summed E-state index contributed by atoms with van der Waals surface area (Å²) in [6.45, 7) is 11.0. The number of anilines is 1. The van der Waals surface area contributed by atoms with Gasteiger partial charge in [-0.1, -0.05) is 68.5 Å². The van der Waals surface area contributed by atoms with Crippen LogP contribution in [0.4, 0.5) is 27.9 Å². The van der Waals surface area contributed by atoms with E-state index in [-0.39, 0.29) is 16.3 Å². The molecule has 0 unspecified atom stereocenters. The van der Waals surface area contributed by atoms with Crippen LogP contribution in [-0.4, -0.2) is 50.6 Å². The number of rotatable bonds is 8. The summed E-state index contributed by atoms with van der Waals surface area (Å²) >= 11 is 1.09. The summed E-state index contributed by atoms with van der Waals surface area (Å²) in [4.78, 5) is 35.5. The zero-order chi connectivity index (χ0) is 34.2. The van der Waals surface area contributed by atoms with Gasteiger partial charge >= 0.3 is 12.2 Å². The normalized spacial score (nSPS) is 13.7. The molecule has 246 valence electrons. The Kier molecular flexibility index (Phi) is 9.70. The largest absolute Gasteiger partial charge is 0.465 e. The molecular weight excluding hydrogens is 621 g/mol. The van der Waals surface area contributed by atoms with E-state index in [1.807, 2.05) is 26.8 Å². The van der Waals surface area contributed by atoms with Crippen LogP contribution in [0.1, 0.15) is 71.4 Å². The van der Waals surface area contributed by atoms with Gasteiger partial charge in [0.15, 0.2) is 5.13 Å². The monoisotopic (exact) mass is 658 g/mol. The van der Waals surface area contributed by atoms with Crippen molar-refractivity contribution in [2.24, 2.45) is 0 Å². The number of benzene rings is 2. The lowest BCUT2D eigenvalue weighted by molar-refractivity contribution is 0.0173. The summed E-state index contributed by atoms with van der Waals surface area (Å²) in [7, 11) is 0. The van der Waals surface area contributed by atoms with Gasteiger partial charge in [-0.05, 0) is 43.4 Å². The van der Waals surface area contributed by atoms with E-state index in [0.29, 0.717) is 21.5 Å². The molecule has 2 aromatic carbocycles. The number of thiazole rings is 1. The molecule has 4 rings (SSSR count). The van der Waals surface area contributed by atoms with E-state index in [4.69, 9.17) is 9.72 Å². The molecular formula is C33H37F3N4O5S. The minimum absolute atomic E-state index is 0.0672. The molecule has 0 radical (unpaired) electrons. The van der Waals surface area contributed by atoms with Gasteiger partial charge in [0.25, 0.3) is 5.92 Å². The highest BCUT2D eigenvalue weighted by molar-refractivity contribution is 7.19. The van der Waals surface area contributed by atoms with Crippen molar-refractivity contribution in [1.82, 2.24) is 15.3 Å². The SMILES string of the molecule is CC(C)(C)OC(=O)N[C@H](CN(C(=O)O)c1nc(C(C)(C)C)c(-c2ccc3cnc(F)cc3c2)s1)[C@@H](O)c1ccc(C(C)(F)F)cc1. The van der Waals surface area contributed by atoms with Crippen LogP contribution in [0.15, 0.2) is 54.7 Å². The fourth-order valence-corrected chi connectivity index (χ4v) is 5.98. The molecule has 0 aliphatic heterocycles. The van der Waals surface area contributed by atoms with Crippen LogP contribution in [-0.2, 0) is 16.1 Å². The summed E-state index contributed by atoms with van der Waals surface area (Å²) in [6, 6.07) is 10.3. The molecule has 0 bridgehead atoms. The van der Waals surface area contributed by atoms with Crippen molar-refractivity contribution < 1.29 is 37.7 Å². The molecule has 46 heavy (non-hydrogen) atoms. The van der Waals surface area contributed by atoms with Crippen molar-refractivity contribution in [3.63, 3.8) is 0 Å². The molecule has 3 N–H and O–H groups in total. The molecule has 2 heterocycles. The van der Waals surface area contributed by atoms with Crippen molar-refractivity contribution in [1.29, 1.82) is 0 Å². The molecule has 2 amide bonds. The molecule has 0 aliphatic carbocycles. The summed E-state index contributed by atoms with van der Waals surface area (Å²) in [6.07, 6.45) is -2.41. The van der Waals surface area contributed by atoms with Crippen molar-refractivity contribution in [2.75, 3.05) is 11.4 Å². The number of alkyl halides is 2. The Labute approximate surface area is 269 Å². The van der Waals surface area contributed by atoms with Gasteiger partial charge in [-0.2, -0.15) is 4.39 Å². The lowest BCUT2D eigenvalue weighted by Gasteiger charge is -2.30. The highest BCUT2D eigenvalue weighted by Gasteiger charge is 2.34. The van der Waals surface area contributed by atoms with Crippen LogP contribution in [0, 0.1) is 5.95 Å². The summed E-state index contributed by atoms with van der Waals surface area (Å²) in [5.74, 6) is -3.75. The number of aliphatic hydroxyl groups excluding tert-OH is 1. The molecule has 2 aromatic heterocycles. The Balaban J connectivity index is 1.76. The summed E-state index contributed by atoms with van der Waals surface area (Å²) in [5.41, 5.74) is -0.263. The Morgan fingerprint density at radius 1 is 1.00 bits per heavy atom. The maximum Gasteiger partial charge on any atom is 0.413 e. The Hall–Kier alpha value is -4.23. The second-order valence-electron chi connectivity index (χ2n) is 13.1. The number of fused-ring (bicyclic) bond motifs is 1. The van der Waals surface area contributed by atoms with Gasteiger partial charge in [0.05, 0.1) is 23.2 Å². The number of alkyl carbamates (subject to hydrolysis) is 1. The van der Waals surface area contributed by atoms with E-state index >= 15 is 0 Å². The fourth-order valence-electron chi connectivity index (χ4n) is 4.71. The van der Waals surface area contributed by atoms with Gasteiger partial charge in [-0.15, -0.1) is 0 Å². The maximum atomic E-state index is 13.9. The van der Waals surface area contributed by atoms with Gasteiger partial charge in [-0.25, -0.2) is 28.3 Å². The quantitative estimate of drug-likeness (QED) is 0.164. The molecule has 0 saturated carbocycles. The standard InChI is InChI=1S/C33H37F3N4O5S/c1-31(2,3)27-26(19-8-9-20-16-37-24(34)15-21(20)14-19)46-28(39-27)40(30(43)44)17-23(38-29(42)45-32(4,5)6)25(41)18-10-12-22(13-11-18)33(7,35)36/h8-16,23,25,41H,17H2,1-7H3,(H,38,42)(H,43,44)/t23-,25+/m1/s1. The lowest BCUT2D eigenvalue weighted by atomic mass is 9.89. The van der Waals surface area contributed by atoms with Crippen LogP contribution >= 0.6 is 11.3 Å². The number of pyridine rings is 1. The van der Waals surface area contributed by atoms with E-state index in [9.17, 15) is 33.0 Å². The molecule has 4 aromatic rings. The van der Waals surface area contributed by atoms with Crippen molar-refractivity contribution >= 4 is 39.4 Å². The smallest absolute Gasteiger partial charge is 0.413 e. The van der Waals surface area contributed by atoms with E-state index < -0.39 is 53.8 Å². The topological polar surface area (TPSA) is 125 Å². The number of halogens is 3. The molecule has 13 heteroatoms. The Bertz CT molecular complexity index is 1730. The lowest BCUT2D eigenvalue weighted by Crippen LogP contribution is -2.50. The zero-order valence-corrected chi connectivity index (χ0v) is 27.4. The van der Waals surface area contributed by atoms with Gasteiger partial charge < -0.3 is 20.3 Å². The number of carbonyl (C=O) groups excluding carboxylic acids is 1. The van der Waals surface area contributed by atoms with E-state index in [0.717, 1.165) is 40.7 Å². The first-order valence-corrected chi connectivity index (χ1v) is 15.3. The molecule has 0 spiro atoms. The first-order valence-electron chi connectivity index (χ1n) is 14.5. The number of aliphatic hydroxyl groups is 1. The predicted molar refractivity (Wildman–Crippen MR) is 171 cm³/mol. The van der Waals surface area contributed by atoms with Crippen LogP contribution < -0.4 is 10.2 Å². The van der Waals surface area contributed by atoms with Gasteiger partial charge in [-0.3, -0.25) is 4.90 Å². The number of amides is 2. The fraction of sp³-hybridized carbons (Fsp3) is 0.394. The van der Waals surface area contributed by atoms with Gasteiger partial charge in [0.2, 0.25) is 5.95 Å². The summed E-state index contributed by atoms with van der Waals surface area (Å²) < 4.78 is 46.9. The maximum absolute atomic E-state index is 13.9. The van der Waals surface area contributed by atoms with E-state index in [2.05, 4.69) is 10.3 Å². The number of nitrogens with zero attached hydrogens (tertiary/aromatic N) is 3. The van der Waals surface area contributed by atoms with Crippen molar-refractivity contribution in [2.45, 2.75) is 77.6 Å². The number of aromatic nitrogens is 2. The van der Waals surface area contributed by atoms with E-state index in [1.165, 1.54) is 24.4 Å². The molecule has 0 fully saturated rings. The third-order valence-electron chi connectivity index (χ3n) is 6.96. The number of nitrogens with one attached hydrogen (secondary N) is 1. The average molecular weight is 659 g/mol. The van der Waals surface area contributed by atoms with Crippen molar-refractivity contribution in [3.8, 4) is 10.4 Å². The number of hydrogen-bond donors (Lipinski definition) is 3. The minimum Gasteiger partial charge on any atom is -0.465 e. The number of hydrogen-bond acceptors (Lipinski definition) is 7. The summed E-state index contributed by atoms with van der Waals surface area (Å²) in [5, 5.41) is 25.7. The van der Waals surface area contributed by atoms with Crippen LogP contribution in [0.2, 0.25) is 0 Å². The van der Waals surface area contributed by atoms with Gasteiger partial charge in [0.1, 0.15) is 11.7 Å². The van der Waals surface area contributed by atoms with Crippen LogP contribution in [0.5, 0.6) is 0 Å². The first-order chi connectivity index (χ1) is 21.2. The number of ether oxygens (including phenoxy) is 1. The Morgan fingerprint density at radius 2 is 1.65 bits per heavy atom. The number of carboxylic acid groups (broad SMARTS) is 1. The van der Waals surface area contributed by atoms with E-state index in [1.54, 1.807) is 32.9 Å². The number of carbonyl (C=O) groups is 2. The van der Waals surface area contributed by atoms with Crippen LogP contribution in [0.3, 0.4) is 0 Å². The third kappa shape index (κ3) is 8.32. The second kappa shape index (κ2) is 12.9. The van der Waals surface area contributed by atoms with Crippen molar-refractivity contribution in [3.05, 3.63) is 77.5 Å². The highest BCUT2D eigenvalue weighted by atomic mass is 32.1. The molecule has 9 nitrogen and oxygen atoms in total. The minimum atomic E-state index is -3.11. The molecule has 0 aliphatic rings. The van der Waals surface area contributed by atoms with Gasteiger partial charge in [0, 0.05) is 35.6 Å². The Morgan fingerprint density at radius 3 is 2.22 bits per heavy atom. The second-order valence-corrected chi connectivity index (χ2v) is 14.1. The molecule has 0 saturated heterocycles. The highest BCUT2D eigenvalue weighted by Crippen LogP contribution is 2.42. The van der Waals surface area contributed by atoms with Crippen LogP contribution in [0.25, 0.3) is 21.2 Å². The molecule has 2 atom stereocenters. The average Bonchev–Trinajstić information content (AvgIpc) is 3.39. The third-order valence-corrected chi connectivity index (χ3v) is 8.09. The first kappa shape index (κ1) is 34.6.